The van der Waals surface area contributed by atoms with E-state index in [1.807, 2.05) is 0 Å². The molecule has 105 heavy (non-hydrogen) atoms. The zero-order chi connectivity index (χ0) is 76.9. The van der Waals surface area contributed by atoms with Crippen molar-refractivity contribution in [1.29, 1.82) is 0 Å². The first-order valence-electron chi connectivity index (χ1n) is 44.6. The van der Waals surface area contributed by atoms with E-state index in [0.29, 0.717) is 25.7 Å². The van der Waals surface area contributed by atoms with E-state index in [1.165, 1.54) is 283 Å². The first-order chi connectivity index (χ1) is 51.0. The summed E-state index contributed by atoms with van der Waals surface area (Å²) in [6, 6.07) is 0. The molecule has 0 bridgehead atoms. The lowest BCUT2D eigenvalue weighted by Crippen LogP contribution is -2.30. The Labute approximate surface area is 645 Å². The van der Waals surface area contributed by atoms with Gasteiger partial charge in [-0.15, -0.1) is 0 Å². The highest BCUT2D eigenvalue weighted by molar-refractivity contribution is 7.47. The molecule has 0 spiro atoms. The van der Waals surface area contributed by atoms with Gasteiger partial charge in [0, 0.05) is 25.7 Å². The van der Waals surface area contributed by atoms with Gasteiger partial charge in [0.05, 0.1) is 26.4 Å². The molecule has 0 aliphatic carbocycles. The maximum absolute atomic E-state index is 13.1. The van der Waals surface area contributed by atoms with E-state index < -0.39 is 97.5 Å². The number of carbonyl (C=O) groups is 4. The van der Waals surface area contributed by atoms with Crippen molar-refractivity contribution in [3.63, 3.8) is 0 Å². The monoisotopic (exact) mass is 1540 g/mol. The van der Waals surface area contributed by atoms with Gasteiger partial charge in [-0.25, -0.2) is 9.13 Å². The van der Waals surface area contributed by atoms with Crippen molar-refractivity contribution in [3.8, 4) is 0 Å². The number of rotatable bonds is 86. The Bertz CT molecular complexity index is 2000. The molecule has 0 fully saturated rings. The molecule has 0 aliphatic rings. The van der Waals surface area contributed by atoms with Gasteiger partial charge >= 0.3 is 39.5 Å². The van der Waals surface area contributed by atoms with Gasteiger partial charge in [-0.3, -0.25) is 37.3 Å². The summed E-state index contributed by atoms with van der Waals surface area (Å²) in [7, 11) is -9.91. The van der Waals surface area contributed by atoms with Crippen LogP contribution in [0.1, 0.15) is 465 Å². The van der Waals surface area contributed by atoms with Crippen LogP contribution in [0.4, 0.5) is 0 Å². The number of carbonyl (C=O) groups excluding carboxylic acids is 4. The van der Waals surface area contributed by atoms with Crippen LogP contribution >= 0.6 is 15.6 Å². The summed E-state index contributed by atoms with van der Waals surface area (Å²) in [5, 5.41) is 10.6. The predicted octanol–water partition coefficient (Wildman–Crippen LogP) is 26.4. The van der Waals surface area contributed by atoms with Gasteiger partial charge in [0.15, 0.2) is 12.2 Å². The molecule has 0 radical (unpaired) electrons. The second-order valence-corrected chi connectivity index (χ2v) is 34.3. The molecule has 19 heteroatoms. The fourth-order valence-corrected chi connectivity index (χ4v) is 15.1. The Hall–Kier alpha value is -1.94. The number of ether oxygens (including phenoxy) is 4. The summed E-state index contributed by atoms with van der Waals surface area (Å²) in [6.07, 6.45) is 72.9. The van der Waals surface area contributed by atoms with Crippen molar-refractivity contribution < 1.29 is 80.2 Å². The summed E-state index contributed by atoms with van der Waals surface area (Å²) in [6.45, 7) is 7.31. The third kappa shape index (κ3) is 79.9. The highest BCUT2D eigenvalue weighted by Crippen LogP contribution is 2.45. The summed E-state index contributed by atoms with van der Waals surface area (Å²) in [5.74, 6) is -1.29. The van der Waals surface area contributed by atoms with Crippen molar-refractivity contribution in [2.45, 2.75) is 483 Å². The number of esters is 4. The molecule has 0 aromatic heterocycles. The van der Waals surface area contributed by atoms with E-state index in [9.17, 15) is 43.2 Å². The first kappa shape index (κ1) is 103. The van der Waals surface area contributed by atoms with Crippen LogP contribution in [0, 0.1) is 5.92 Å². The van der Waals surface area contributed by atoms with Crippen LogP contribution in [0.15, 0.2) is 0 Å². The highest BCUT2D eigenvalue weighted by atomic mass is 31.2. The Kier molecular flexibility index (Phi) is 77.3. The molecular formula is C86H168O17P2. The average Bonchev–Trinajstić information content (AvgIpc) is 0.908. The van der Waals surface area contributed by atoms with E-state index in [1.54, 1.807) is 0 Å². The number of hydrogen-bond donors (Lipinski definition) is 3. The fourth-order valence-electron chi connectivity index (χ4n) is 13.5. The molecule has 17 nitrogen and oxygen atoms in total. The lowest BCUT2D eigenvalue weighted by molar-refractivity contribution is -0.161. The molecule has 0 aromatic rings. The molecule has 0 aromatic carbocycles. The van der Waals surface area contributed by atoms with Crippen LogP contribution in [-0.4, -0.2) is 96.7 Å². The quantitative estimate of drug-likeness (QED) is 0.0222. The van der Waals surface area contributed by atoms with Crippen LogP contribution in [0.25, 0.3) is 0 Å². The van der Waals surface area contributed by atoms with Crippen LogP contribution < -0.4 is 0 Å². The van der Waals surface area contributed by atoms with Crippen LogP contribution in [0.2, 0.25) is 0 Å². The lowest BCUT2D eigenvalue weighted by atomic mass is 10.0. The van der Waals surface area contributed by atoms with E-state index in [0.717, 1.165) is 102 Å². The molecule has 0 rings (SSSR count). The van der Waals surface area contributed by atoms with Crippen molar-refractivity contribution in [2.75, 3.05) is 39.6 Å². The van der Waals surface area contributed by atoms with E-state index in [2.05, 4.69) is 34.6 Å². The summed E-state index contributed by atoms with van der Waals surface area (Å²) < 4.78 is 68.6. The lowest BCUT2D eigenvalue weighted by Gasteiger charge is -2.21. The molecule has 3 N–H and O–H groups in total. The van der Waals surface area contributed by atoms with Gasteiger partial charge in [-0.05, 0) is 31.6 Å². The van der Waals surface area contributed by atoms with E-state index in [4.69, 9.17) is 37.0 Å². The molecule has 0 aliphatic heterocycles. The number of phosphoric ester groups is 2. The Morgan fingerprint density at radius 3 is 0.648 bits per heavy atom. The number of hydrogen-bond acceptors (Lipinski definition) is 15. The Morgan fingerprint density at radius 1 is 0.257 bits per heavy atom. The smallest absolute Gasteiger partial charge is 0.462 e. The fraction of sp³-hybridized carbons (Fsp3) is 0.953. The van der Waals surface area contributed by atoms with Crippen molar-refractivity contribution in [2.24, 2.45) is 5.92 Å². The SMILES string of the molecule is CCCCCCCCCCCCCCCCCCCCCCCCC(=O)O[C@H](COC(=O)CCCCCCCCCCCCCCCCCCCCC(C)C)COP(=O)(O)OC[C@@H](O)COP(=O)(O)OC[C@@H](COC(=O)CCCCCCC)OC(=O)CCCCCCCCCCCCCCCCCCC. The number of phosphoric acid groups is 2. The molecule has 0 heterocycles. The van der Waals surface area contributed by atoms with Gasteiger partial charge in [0.1, 0.15) is 19.3 Å². The third-order valence-electron chi connectivity index (χ3n) is 20.3. The zero-order valence-corrected chi connectivity index (χ0v) is 70.7. The average molecular weight is 1540 g/mol. The van der Waals surface area contributed by atoms with Crippen LogP contribution in [-0.2, 0) is 65.4 Å². The normalized spacial score (nSPS) is 13.8. The van der Waals surface area contributed by atoms with Crippen LogP contribution in [0.5, 0.6) is 0 Å². The van der Waals surface area contributed by atoms with Crippen molar-refractivity contribution in [1.82, 2.24) is 0 Å². The molecule has 0 saturated carbocycles. The standard InChI is InChI=1S/C86H168O17P2/c1-6-9-12-15-17-19-21-23-25-27-28-29-30-31-37-41-45-49-53-57-62-67-72-86(91)103-82(76-97-84(89)70-65-60-55-51-47-43-39-36-33-32-35-38-42-46-50-54-59-63-68-79(4)5)78-101-105(94,95)99-74-80(87)73-98-104(92,93)100-77-81(75-96-83(88)69-64-58-14-11-8-3)102-85(90)71-66-61-56-52-48-44-40-34-26-24-22-20-18-16-13-10-7-2/h79-82,87H,6-78H2,1-5H3,(H,92,93)(H,94,95)/t80-,81+,82+/m0/s1. The number of aliphatic hydroxyl groups is 1. The minimum absolute atomic E-state index is 0.108. The first-order valence-corrected chi connectivity index (χ1v) is 47.6. The van der Waals surface area contributed by atoms with Gasteiger partial charge in [0.2, 0.25) is 0 Å². The number of aliphatic hydroxyl groups excluding tert-OH is 1. The van der Waals surface area contributed by atoms with E-state index >= 15 is 0 Å². The van der Waals surface area contributed by atoms with Gasteiger partial charge in [-0.2, -0.15) is 0 Å². The molecule has 0 saturated heterocycles. The molecule has 624 valence electrons. The van der Waals surface area contributed by atoms with E-state index in [-0.39, 0.29) is 25.7 Å². The highest BCUT2D eigenvalue weighted by Gasteiger charge is 2.30. The molecule has 0 amide bonds. The minimum atomic E-state index is -4.96. The Morgan fingerprint density at radius 2 is 0.438 bits per heavy atom. The molecule has 5 atom stereocenters. The van der Waals surface area contributed by atoms with Gasteiger partial charge < -0.3 is 33.8 Å². The zero-order valence-electron chi connectivity index (χ0n) is 68.9. The van der Waals surface area contributed by atoms with Gasteiger partial charge in [0.25, 0.3) is 0 Å². The minimum Gasteiger partial charge on any atom is -0.462 e. The molecular weight excluding hydrogens is 1370 g/mol. The van der Waals surface area contributed by atoms with Crippen LogP contribution in [0.3, 0.4) is 0 Å². The molecule has 2 unspecified atom stereocenters. The predicted molar refractivity (Wildman–Crippen MR) is 432 cm³/mol. The maximum Gasteiger partial charge on any atom is 0.472 e. The third-order valence-corrected chi connectivity index (χ3v) is 22.2. The largest absolute Gasteiger partial charge is 0.472 e. The topological polar surface area (TPSA) is 237 Å². The van der Waals surface area contributed by atoms with Crippen molar-refractivity contribution in [3.05, 3.63) is 0 Å². The van der Waals surface area contributed by atoms with Crippen molar-refractivity contribution >= 4 is 39.5 Å². The number of unbranched alkanes of at least 4 members (excludes halogenated alkanes) is 58. The maximum atomic E-state index is 13.1. The Balaban J connectivity index is 5.09. The second kappa shape index (κ2) is 78.7. The summed E-state index contributed by atoms with van der Waals surface area (Å²) in [5.41, 5.74) is 0. The van der Waals surface area contributed by atoms with Gasteiger partial charge in [-0.1, -0.05) is 413 Å². The summed E-state index contributed by atoms with van der Waals surface area (Å²) >= 11 is 0. The second-order valence-electron chi connectivity index (χ2n) is 31.4. The summed E-state index contributed by atoms with van der Waals surface area (Å²) in [4.78, 5) is 72.9.